The van der Waals surface area contributed by atoms with E-state index in [-0.39, 0.29) is 0 Å². The molecule has 0 radical (unpaired) electrons. The van der Waals surface area contributed by atoms with Crippen molar-refractivity contribution in [3.63, 3.8) is 0 Å². The Balaban J connectivity index is 3.00. The first-order valence-electron chi connectivity index (χ1n) is 3.31. The Morgan fingerprint density at radius 2 is 0.917 bits per heavy atom. The van der Waals surface area contributed by atoms with Crippen LogP contribution in [0.1, 0.15) is 0 Å². The molecule has 0 fully saturated rings. The zero-order valence-corrected chi connectivity index (χ0v) is 5.99. The lowest BCUT2D eigenvalue weighted by Gasteiger charge is -2.31. The molecule has 1 aliphatic carbocycles. The predicted octanol–water partition coefficient (Wildman–Crippen LogP) is -2.23. The number of hydrogen-bond acceptors (Lipinski definition) is 6. The summed E-state index contributed by atoms with van der Waals surface area (Å²) in [7, 11) is 0. The second-order valence-electron chi connectivity index (χ2n) is 2.64. The highest BCUT2D eigenvalue weighted by Gasteiger charge is 2.41. The van der Waals surface area contributed by atoms with Crippen LogP contribution in [0.3, 0.4) is 0 Å². The van der Waals surface area contributed by atoms with Gasteiger partial charge in [0, 0.05) is 0 Å². The first-order chi connectivity index (χ1) is 5.46. The Morgan fingerprint density at radius 1 is 0.667 bits per heavy atom. The Hall–Kier alpha value is -0.820. The Labute approximate surface area is 67.6 Å². The van der Waals surface area contributed by atoms with Gasteiger partial charge in [0.05, 0.1) is 0 Å². The molecule has 1 rings (SSSR count). The minimum absolute atomic E-state index is 0.916. The third-order valence-electron chi connectivity index (χ3n) is 1.82. The second-order valence-corrected chi connectivity index (χ2v) is 2.64. The molecule has 0 saturated heterocycles. The van der Waals surface area contributed by atoms with Crippen molar-refractivity contribution in [1.82, 2.24) is 0 Å². The fraction of sp³-hybridized carbons (Fsp3) is 0.667. The quantitative estimate of drug-likeness (QED) is 0.250. The van der Waals surface area contributed by atoms with Crippen LogP contribution in [-0.2, 0) is 0 Å². The zero-order chi connectivity index (χ0) is 9.46. The fourth-order valence-electron chi connectivity index (χ4n) is 1.00. The summed E-state index contributed by atoms with van der Waals surface area (Å²) in [6.07, 6.45) is -6.92. The molecular weight excluding hydrogens is 168 g/mol. The van der Waals surface area contributed by atoms with E-state index < -0.39 is 35.9 Å². The lowest BCUT2D eigenvalue weighted by atomic mass is 9.93. The maximum atomic E-state index is 8.94. The van der Waals surface area contributed by atoms with Crippen LogP contribution in [0.5, 0.6) is 0 Å². The van der Waals surface area contributed by atoms with E-state index in [0.717, 1.165) is 0 Å². The number of hydrogen-bond donors (Lipinski definition) is 6. The van der Waals surface area contributed by atoms with Crippen LogP contribution in [0.4, 0.5) is 0 Å². The summed E-state index contributed by atoms with van der Waals surface area (Å²) in [4.78, 5) is 0. The van der Waals surface area contributed by atoms with Gasteiger partial charge < -0.3 is 30.6 Å². The van der Waals surface area contributed by atoms with Gasteiger partial charge in [-0.25, -0.2) is 0 Å². The maximum absolute atomic E-state index is 8.94. The van der Waals surface area contributed by atoms with Gasteiger partial charge in [-0.05, 0) is 0 Å². The van der Waals surface area contributed by atoms with Crippen LogP contribution in [0.25, 0.3) is 0 Å². The summed E-state index contributed by atoms with van der Waals surface area (Å²) in [6, 6.07) is 0. The highest BCUT2D eigenvalue weighted by Crippen LogP contribution is 2.22. The smallest absolute Gasteiger partial charge is 0.164 e. The first kappa shape index (κ1) is 9.27. The highest BCUT2D eigenvalue weighted by molar-refractivity contribution is 5.18. The summed E-state index contributed by atoms with van der Waals surface area (Å²) in [6.45, 7) is 0. The SMILES string of the molecule is OC1=C(O)[C@H](O)C(O)C(O)[C@@H]1O. The lowest BCUT2D eigenvalue weighted by Crippen LogP contribution is -2.50. The molecule has 1 aliphatic rings. The normalized spacial score (nSPS) is 43.3. The van der Waals surface area contributed by atoms with Gasteiger partial charge in [0.25, 0.3) is 0 Å². The monoisotopic (exact) mass is 178 g/mol. The fourth-order valence-corrected chi connectivity index (χ4v) is 1.00. The van der Waals surface area contributed by atoms with Gasteiger partial charge >= 0.3 is 0 Å². The average Bonchev–Trinajstić information content (AvgIpc) is 2.08. The van der Waals surface area contributed by atoms with E-state index in [1.54, 1.807) is 0 Å². The molecule has 4 atom stereocenters. The number of rotatable bonds is 0. The van der Waals surface area contributed by atoms with E-state index in [0.29, 0.717) is 0 Å². The van der Waals surface area contributed by atoms with Gasteiger partial charge in [0.1, 0.15) is 24.4 Å². The van der Waals surface area contributed by atoms with Crippen molar-refractivity contribution in [2.75, 3.05) is 0 Å². The zero-order valence-electron chi connectivity index (χ0n) is 5.99. The van der Waals surface area contributed by atoms with Gasteiger partial charge in [-0.15, -0.1) is 0 Å². The maximum Gasteiger partial charge on any atom is 0.164 e. The minimum Gasteiger partial charge on any atom is -0.506 e. The first-order valence-corrected chi connectivity index (χ1v) is 3.31. The molecule has 6 heteroatoms. The summed E-state index contributed by atoms with van der Waals surface area (Å²) in [5, 5.41) is 53.4. The standard InChI is InChI=1S/C6H10O6/c7-1-2(8)4(10)6(12)5(11)3(1)9/h1-4,7-12H/t1?,2?,3-,4+. The Kier molecular flexibility index (Phi) is 2.25. The molecule has 0 bridgehead atoms. The molecular formula is C6H10O6. The molecule has 6 nitrogen and oxygen atoms in total. The Morgan fingerprint density at radius 3 is 1.17 bits per heavy atom. The van der Waals surface area contributed by atoms with Crippen molar-refractivity contribution in [3.8, 4) is 0 Å². The summed E-state index contributed by atoms with van der Waals surface area (Å²) in [5.41, 5.74) is 0. The largest absolute Gasteiger partial charge is 0.506 e. The molecule has 12 heavy (non-hydrogen) atoms. The lowest BCUT2D eigenvalue weighted by molar-refractivity contribution is -0.120. The van der Waals surface area contributed by atoms with Crippen LogP contribution >= 0.6 is 0 Å². The molecule has 0 aromatic heterocycles. The van der Waals surface area contributed by atoms with Crippen molar-refractivity contribution < 1.29 is 30.6 Å². The van der Waals surface area contributed by atoms with E-state index in [1.807, 2.05) is 0 Å². The van der Waals surface area contributed by atoms with Crippen LogP contribution < -0.4 is 0 Å². The van der Waals surface area contributed by atoms with Crippen molar-refractivity contribution in [2.24, 2.45) is 0 Å². The van der Waals surface area contributed by atoms with Crippen molar-refractivity contribution in [1.29, 1.82) is 0 Å². The van der Waals surface area contributed by atoms with Crippen molar-refractivity contribution in [3.05, 3.63) is 11.5 Å². The van der Waals surface area contributed by atoms with Gasteiger partial charge in [-0.1, -0.05) is 0 Å². The molecule has 0 heterocycles. The molecule has 0 spiro atoms. The summed E-state index contributed by atoms with van der Waals surface area (Å²) < 4.78 is 0. The number of aliphatic hydroxyl groups excluding tert-OH is 6. The average molecular weight is 178 g/mol. The highest BCUT2D eigenvalue weighted by atomic mass is 16.4. The Bertz CT molecular complexity index is 190. The van der Waals surface area contributed by atoms with E-state index >= 15 is 0 Å². The summed E-state index contributed by atoms with van der Waals surface area (Å²) >= 11 is 0. The third-order valence-corrected chi connectivity index (χ3v) is 1.82. The molecule has 0 aliphatic heterocycles. The topological polar surface area (TPSA) is 121 Å². The van der Waals surface area contributed by atoms with Crippen LogP contribution in [0.15, 0.2) is 11.5 Å². The predicted molar refractivity (Wildman–Crippen MR) is 36.3 cm³/mol. The van der Waals surface area contributed by atoms with E-state index in [1.165, 1.54) is 0 Å². The van der Waals surface area contributed by atoms with Crippen molar-refractivity contribution >= 4 is 0 Å². The van der Waals surface area contributed by atoms with Gasteiger partial charge in [0.2, 0.25) is 0 Å². The van der Waals surface area contributed by atoms with E-state index in [9.17, 15) is 0 Å². The van der Waals surface area contributed by atoms with Crippen molar-refractivity contribution in [2.45, 2.75) is 24.4 Å². The summed E-state index contributed by atoms with van der Waals surface area (Å²) in [5.74, 6) is -1.83. The van der Waals surface area contributed by atoms with E-state index in [2.05, 4.69) is 0 Å². The van der Waals surface area contributed by atoms with Crippen LogP contribution in [0, 0.1) is 0 Å². The number of aliphatic hydroxyl groups is 6. The van der Waals surface area contributed by atoms with Crippen LogP contribution in [0.2, 0.25) is 0 Å². The van der Waals surface area contributed by atoms with Gasteiger partial charge in [-0.3, -0.25) is 0 Å². The van der Waals surface area contributed by atoms with Gasteiger partial charge in [0.15, 0.2) is 11.5 Å². The molecule has 6 N–H and O–H groups in total. The van der Waals surface area contributed by atoms with E-state index in [4.69, 9.17) is 30.6 Å². The minimum atomic E-state index is -1.76. The third kappa shape index (κ3) is 1.14. The molecule has 0 amide bonds. The molecule has 70 valence electrons. The molecule has 2 unspecified atom stereocenters. The second kappa shape index (κ2) is 2.91. The van der Waals surface area contributed by atoms with Crippen LogP contribution in [-0.4, -0.2) is 55.1 Å². The molecule has 0 aromatic rings. The van der Waals surface area contributed by atoms with Gasteiger partial charge in [-0.2, -0.15) is 0 Å². The molecule has 0 saturated carbocycles. The molecule has 0 aromatic carbocycles.